The Balaban J connectivity index is 1.36. The van der Waals surface area contributed by atoms with Crippen molar-refractivity contribution in [3.8, 4) is 23.3 Å². The molecule has 0 aliphatic rings. The summed E-state index contributed by atoms with van der Waals surface area (Å²) in [4.78, 5) is 12.1. The van der Waals surface area contributed by atoms with E-state index in [1.165, 1.54) is 0 Å². The van der Waals surface area contributed by atoms with E-state index in [-0.39, 0.29) is 6.61 Å². The first-order valence-corrected chi connectivity index (χ1v) is 11.9. The fourth-order valence-electron chi connectivity index (χ4n) is 3.83. The van der Waals surface area contributed by atoms with Gasteiger partial charge in [-0.05, 0) is 62.4 Å². The van der Waals surface area contributed by atoms with Gasteiger partial charge in [-0.1, -0.05) is 41.9 Å². The molecule has 0 bridgehead atoms. The molecule has 8 heteroatoms. The van der Waals surface area contributed by atoms with Gasteiger partial charge in [0.2, 0.25) is 0 Å². The highest BCUT2D eigenvalue weighted by molar-refractivity contribution is 6.32. The van der Waals surface area contributed by atoms with Gasteiger partial charge in [0.1, 0.15) is 18.1 Å². The number of halogens is 1. The number of aromatic nitrogens is 1. The van der Waals surface area contributed by atoms with Crippen molar-refractivity contribution in [2.24, 2.45) is 5.10 Å². The fraction of sp³-hybridized carbons (Fsp3) is 0.138. The lowest BCUT2D eigenvalue weighted by atomic mass is 10.1. The van der Waals surface area contributed by atoms with Crippen LogP contribution in [-0.4, -0.2) is 23.3 Å². The van der Waals surface area contributed by atoms with Crippen molar-refractivity contribution in [3.05, 3.63) is 112 Å². The number of carbonyl (C=O) groups excluding carboxylic acids is 1. The highest BCUT2D eigenvalue weighted by Crippen LogP contribution is 2.24. The molecule has 0 radical (unpaired) electrons. The lowest BCUT2D eigenvalue weighted by molar-refractivity contribution is -0.123. The molecule has 0 fully saturated rings. The van der Waals surface area contributed by atoms with Crippen LogP contribution in [0.15, 0.2) is 84.0 Å². The lowest BCUT2D eigenvalue weighted by Crippen LogP contribution is -2.24. The Bertz CT molecular complexity index is 1470. The summed E-state index contributed by atoms with van der Waals surface area (Å²) >= 11 is 6.03. The van der Waals surface area contributed by atoms with Gasteiger partial charge in [0, 0.05) is 28.2 Å². The molecule has 37 heavy (non-hydrogen) atoms. The summed E-state index contributed by atoms with van der Waals surface area (Å²) in [6.07, 6.45) is 1.61. The first-order chi connectivity index (χ1) is 18.0. The molecule has 7 nitrogen and oxygen atoms in total. The van der Waals surface area contributed by atoms with Crippen LogP contribution in [0, 0.1) is 25.2 Å². The number of rotatable bonds is 9. The molecule has 1 heterocycles. The van der Waals surface area contributed by atoms with Crippen molar-refractivity contribution < 1.29 is 14.3 Å². The van der Waals surface area contributed by atoms with Gasteiger partial charge < -0.3 is 14.0 Å². The first kappa shape index (κ1) is 25.5. The predicted octanol–water partition coefficient (Wildman–Crippen LogP) is 5.73. The Kier molecular flexibility index (Phi) is 8.24. The van der Waals surface area contributed by atoms with E-state index in [1.54, 1.807) is 36.5 Å². The average Bonchev–Trinajstić information content (AvgIpc) is 3.20. The molecule has 0 saturated carbocycles. The van der Waals surface area contributed by atoms with E-state index in [4.69, 9.17) is 21.1 Å². The average molecular weight is 513 g/mol. The Hall–Kier alpha value is -4.54. The van der Waals surface area contributed by atoms with Gasteiger partial charge in [0.25, 0.3) is 5.91 Å². The summed E-state index contributed by atoms with van der Waals surface area (Å²) in [7, 11) is 0. The number of benzene rings is 3. The maximum Gasteiger partial charge on any atom is 0.277 e. The predicted molar refractivity (Wildman–Crippen MR) is 143 cm³/mol. The summed E-state index contributed by atoms with van der Waals surface area (Å²) in [6.45, 7) is 4.11. The van der Waals surface area contributed by atoms with Crippen molar-refractivity contribution in [3.63, 3.8) is 0 Å². The number of nitrogens with zero attached hydrogens (tertiary/aromatic N) is 3. The normalized spacial score (nSPS) is 10.8. The molecule has 4 aromatic rings. The highest BCUT2D eigenvalue weighted by Gasteiger charge is 2.11. The number of hydrogen-bond acceptors (Lipinski definition) is 5. The molecule has 3 aromatic carbocycles. The number of hydrazone groups is 1. The van der Waals surface area contributed by atoms with Crippen LogP contribution in [0.3, 0.4) is 0 Å². The number of amides is 1. The minimum absolute atomic E-state index is 0.198. The molecule has 4 rings (SSSR count). The molecule has 186 valence electrons. The standard InChI is InChI=1S/C29H25ClN4O3/c1-20-15-24(17-32-33-29(35)19-37-28-10-6-5-9-27(28)30)21(2)34(20)25-11-13-26(14-12-25)36-18-23-8-4-3-7-22(23)16-31/h3-15,17H,18-19H2,1-2H3,(H,33,35)/b32-17-. The molecule has 0 aliphatic heterocycles. The van der Waals surface area contributed by atoms with Gasteiger partial charge in [-0.3, -0.25) is 4.79 Å². The van der Waals surface area contributed by atoms with E-state index >= 15 is 0 Å². The Morgan fingerprint density at radius 3 is 2.54 bits per heavy atom. The van der Waals surface area contributed by atoms with Crippen molar-refractivity contribution in [1.29, 1.82) is 5.26 Å². The Morgan fingerprint density at radius 1 is 1.05 bits per heavy atom. The zero-order valence-corrected chi connectivity index (χ0v) is 21.2. The number of nitriles is 1. The minimum Gasteiger partial charge on any atom is -0.489 e. The molecular formula is C29H25ClN4O3. The first-order valence-electron chi connectivity index (χ1n) is 11.6. The third kappa shape index (κ3) is 6.37. The molecule has 0 saturated heterocycles. The second-order valence-electron chi connectivity index (χ2n) is 8.23. The second kappa shape index (κ2) is 11.9. The summed E-state index contributed by atoms with van der Waals surface area (Å²) < 4.78 is 13.4. The van der Waals surface area contributed by atoms with Crippen molar-refractivity contribution in [2.75, 3.05) is 6.61 Å². The van der Waals surface area contributed by atoms with Gasteiger partial charge in [-0.25, -0.2) is 5.43 Å². The lowest BCUT2D eigenvalue weighted by Gasteiger charge is -2.12. The third-order valence-electron chi connectivity index (χ3n) is 5.69. The van der Waals surface area contributed by atoms with Gasteiger partial charge in [-0.2, -0.15) is 10.4 Å². The number of para-hydroxylation sites is 1. The van der Waals surface area contributed by atoms with E-state index in [1.807, 2.05) is 62.4 Å². The van der Waals surface area contributed by atoms with Gasteiger partial charge in [-0.15, -0.1) is 0 Å². The summed E-state index contributed by atoms with van der Waals surface area (Å²) in [5.74, 6) is 0.760. The number of aryl methyl sites for hydroxylation is 1. The largest absolute Gasteiger partial charge is 0.489 e. The van der Waals surface area contributed by atoms with E-state index in [0.717, 1.165) is 28.2 Å². The topological polar surface area (TPSA) is 88.6 Å². The zero-order valence-electron chi connectivity index (χ0n) is 20.4. The molecule has 1 amide bonds. The maximum absolute atomic E-state index is 12.1. The van der Waals surface area contributed by atoms with Crippen LogP contribution in [0.1, 0.15) is 28.1 Å². The SMILES string of the molecule is Cc1cc(/C=N\NC(=O)COc2ccccc2Cl)c(C)n1-c1ccc(OCc2ccccc2C#N)cc1. The number of carbonyl (C=O) groups is 1. The molecule has 0 aliphatic carbocycles. The molecular weight excluding hydrogens is 488 g/mol. The Labute approximate surface area is 220 Å². The van der Waals surface area contributed by atoms with Crippen LogP contribution in [0.5, 0.6) is 11.5 Å². The Morgan fingerprint density at radius 2 is 1.78 bits per heavy atom. The van der Waals surface area contributed by atoms with Crippen LogP contribution in [0.4, 0.5) is 0 Å². The van der Waals surface area contributed by atoms with Crippen LogP contribution in [0.2, 0.25) is 5.02 Å². The third-order valence-corrected chi connectivity index (χ3v) is 6.00. The summed E-state index contributed by atoms with van der Waals surface area (Å²) in [5.41, 5.74) is 7.76. The van der Waals surface area contributed by atoms with Crippen molar-refractivity contribution >= 4 is 23.7 Å². The highest BCUT2D eigenvalue weighted by atomic mass is 35.5. The summed E-state index contributed by atoms with van der Waals surface area (Å²) in [6, 6.07) is 26.3. The quantitative estimate of drug-likeness (QED) is 0.229. The molecule has 1 aromatic heterocycles. The number of hydrogen-bond donors (Lipinski definition) is 1. The van der Waals surface area contributed by atoms with E-state index in [9.17, 15) is 10.1 Å². The minimum atomic E-state index is -0.391. The summed E-state index contributed by atoms with van der Waals surface area (Å²) in [5, 5.41) is 13.8. The van der Waals surface area contributed by atoms with Gasteiger partial charge in [0.05, 0.1) is 22.9 Å². The van der Waals surface area contributed by atoms with E-state index < -0.39 is 5.91 Å². The van der Waals surface area contributed by atoms with Crippen LogP contribution >= 0.6 is 11.6 Å². The van der Waals surface area contributed by atoms with Crippen LogP contribution < -0.4 is 14.9 Å². The fourth-order valence-corrected chi connectivity index (χ4v) is 4.02. The van der Waals surface area contributed by atoms with E-state index in [0.29, 0.717) is 28.7 Å². The molecule has 0 atom stereocenters. The van der Waals surface area contributed by atoms with Crippen molar-refractivity contribution in [1.82, 2.24) is 9.99 Å². The van der Waals surface area contributed by atoms with Crippen LogP contribution in [-0.2, 0) is 11.4 Å². The van der Waals surface area contributed by atoms with Crippen LogP contribution in [0.25, 0.3) is 5.69 Å². The zero-order chi connectivity index (χ0) is 26.2. The van der Waals surface area contributed by atoms with Crippen molar-refractivity contribution in [2.45, 2.75) is 20.5 Å². The monoisotopic (exact) mass is 512 g/mol. The number of nitrogens with one attached hydrogen (secondary N) is 1. The second-order valence-corrected chi connectivity index (χ2v) is 8.63. The van der Waals surface area contributed by atoms with E-state index in [2.05, 4.69) is 21.2 Å². The molecule has 0 unspecified atom stereocenters. The molecule has 1 N–H and O–H groups in total. The maximum atomic E-state index is 12.1. The van der Waals surface area contributed by atoms with Gasteiger partial charge in [0.15, 0.2) is 6.61 Å². The molecule has 0 spiro atoms. The van der Waals surface area contributed by atoms with Gasteiger partial charge >= 0.3 is 0 Å². The smallest absolute Gasteiger partial charge is 0.277 e. The number of ether oxygens (including phenoxy) is 2.